The van der Waals surface area contributed by atoms with E-state index in [1.54, 1.807) is 0 Å². The minimum Gasteiger partial charge on any atom is -0.392 e. The lowest BCUT2D eigenvalue weighted by Gasteiger charge is -2.20. The van der Waals surface area contributed by atoms with Gasteiger partial charge in [-0.05, 0) is 19.8 Å². The predicted molar refractivity (Wildman–Crippen MR) is 57.1 cm³/mol. The molecule has 1 fully saturated rings. The fourth-order valence-electron chi connectivity index (χ4n) is 2.02. The lowest BCUT2D eigenvalue weighted by molar-refractivity contribution is 0.278. The van der Waals surface area contributed by atoms with Crippen molar-refractivity contribution in [1.29, 1.82) is 0 Å². The van der Waals surface area contributed by atoms with Crippen LogP contribution < -0.4 is 0 Å². The van der Waals surface area contributed by atoms with Crippen LogP contribution >= 0.6 is 0 Å². The summed E-state index contributed by atoms with van der Waals surface area (Å²) in [6.45, 7) is 2.10. The molecule has 1 aromatic heterocycles. The molecule has 1 aliphatic rings. The van der Waals surface area contributed by atoms with E-state index in [2.05, 4.69) is 10.2 Å². The number of rotatable bonds is 3. The van der Waals surface area contributed by atoms with Gasteiger partial charge in [0, 0.05) is 18.2 Å². The topological polar surface area (TPSA) is 86.3 Å². The number of H-pyrrole nitrogens is 1. The van der Waals surface area contributed by atoms with E-state index in [1.807, 2.05) is 6.92 Å². The molecule has 90 valence electrons. The molecule has 1 aromatic rings. The second-order valence-corrected chi connectivity index (χ2v) is 5.82. The molecule has 1 atom stereocenters. The zero-order chi connectivity index (χ0) is 11.8. The molecule has 1 unspecified atom stereocenters. The summed E-state index contributed by atoms with van der Waals surface area (Å²) in [6, 6.07) is 0.0137. The monoisotopic (exact) mass is 245 g/mol. The Balaban J connectivity index is 2.39. The fraction of sp³-hybridized carbons (Fsp3) is 0.667. The highest BCUT2D eigenvalue weighted by Crippen LogP contribution is 2.26. The SMILES string of the molecule is CC1CCCN1S(=O)(=O)c1[nH]ncc1CO. The first-order valence-corrected chi connectivity index (χ1v) is 6.66. The smallest absolute Gasteiger partial charge is 0.260 e. The van der Waals surface area contributed by atoms with Crippen molar-refractivity contribution in [2.75, 3.05) is 6.54 Å². The summed E-state index contributed by atoms with van der Waals surface area (Å²) >= 11 is 0. The lowest BCUT2D eigenvalue weighted by atomic mass is 10.3. The number of aliphatic hydroxyl groups is 1. The standard InChI is InChI=1S/C9H15N3O3S/c1-7-3-2-4-12(7)16(14,15)9-8(6-13)5-10-11-9/h5,7,13H,2-4,6H2,1H3,(H,10,11). The Bertz CT molecular complexity index is 468. The number of nitrogens with one attached hydrogen (secondary N) is 1. The number of aromatic nitrogens is 2. The van der Waals surface area contributed by atoms with Gasteiger partial charge >= 0.3 is 0 Å². The van der Waals surface area contributed by atoms with E-state index in [1.165, 1.54) is 10.5 Å². The molecule has 1 aliphatic heterocycles. The van der Waals surface area contributed by atoms with E-state index >= 15 is 0 Å². The van der Waals surface area contributed by atoms with Gasteiger partial charge in [-0.25, -0.2) is 8.42 Å². The maximum atomic E-state index is 12.2. The average Bonchev–Trinajstić information content (AvgIpc) is 2.85. The molecule has 0 spiro atoms. The molecule has 0 aliphatic carbocycles. The van der Waals surface area contributed by atoms with Crippen LogP contribution in [0.3, 0.4) is 0 Å². The van der Waals surface area contributed by atoms with Crippen LogP contribution in [0.1, 0.15) is 25.3 Å². The van der Waals surface area contributed by atoms with Crippen molar-refractivity contribution in [2.24, 2.45) is 0 Å². The highest BCUT2D eigenvalue weighted by atomic mass is 32.2. The first-order valence-electron chi connectivity index (χ1n) is 5.22. The summed E-state index contributed by atoms with van der Waals surface area (Å²) in [5.74, 6) is 0. The summed E-state index contributed by atoms with van der Waals surface area (Å²) in [5, 5.41) is 15.2. The third-order valence-corrected chi connectivity index (χ3v) is 4.94. The molecule has 6 nitrogen and oxygen atoms in total. The zero-order valence-corrected chi connectivity index (χ0v) is 9.87. The molecule has 2 N–H and O–H groups in total. The van der Waals surface area contributed by atoms with Gasteiger partial charge in [0.15, 0.2) is 5.03 Å². The van der Waals surface area contributed by atoms with Crippen LogP contribution in [0.4, 0.5) is 0 Å². The highest BCUT2D eigenvalue weighted by Gasteiger charge is 2.34. The Kier molecular flexibility index (Phi) is 3.00. The maximum Gasteiger partial charge on any atom is 0.260 e. The number of hydrogen-bond donors (Lipinski definition) is 2. The third kappa shape index (κ3) is 1.74. The molecular formula is C9H15N3O3S. The van der Waals surface area contributed by atoms with Gasteiger partial charge in [0.05, 0.1) is 12.8 Å². The molecule has 2 heterocycles. The predicted octanol–water partition coefficient (Wildman–Crippen LogP) is 0.0750. The van der Waals surface area contributed by atoms with E-state index in [9.17, 15) is 8.42 Å². The van der Waals surface area contributed by atoms with E-state index in [0.717, 1.165) is 12.8 Å². The van der Waals surface area contributed by atoms with Crippen molar-refractivity contribution >= 4 is 10.0 Å². The molecule has 2 rings (SSSR count). The summed E-state index contributed by atoms with van der Waals surface area (Å²) in [7, 11) is -3.53. The Hall–Kier alpha value is -0.920. The van der Waals surface area contributed by atoms with Gasteiger partial charge in [-0.2, -0.15) is 9.40 Å². The molecule has 7 heteroatoms. The fourth-order valence-corrected chi connectivity index (χ4v) is 3.82. The minimum absolute atomic E-state index is 0.0137. The first-order chi connectivity index (χ1) is 7.57. The third-order valence-electron chi connectivity index (χ3n) is 2.91. The van der Waals surface area contributed by atoms with Gasteiger partial charge in [-0.1, -0.05) is 0 Å². The lowest BCUT2D eigenvalue weighted by Crippen LogP contribution is -2.34. The number of sulfonamides is 1. The van der Waals surface area contributed by atoms with Crippen LogP contribution in [0, 0.1) is 0 Å². The number of aromatic amines is 1. The van der Waals surface area contributed by atoms with Gasteiger partial charge in [0.25, 0.3) is 10.0 Å². The van der Waals surface area contributed by atoms with Crippen molar-refractivity contribution < 1.29 is 13.5 Å². The largest absolute Gasteiger partial charge is 0.392 e. The molecule has 0 amide bonds. The first kappa shape index (κ1) is 11.6. The van der Waals surface area contributed by atoms with E-state index in [-0.39, 0.29) is 17.7 Å². The second kappa shape index (κ2) is 4.15. The summed E-state index contributed by atoms with van der Waals surface area (Å²) in [4.78, 5) is 0. The molecule has 0 saturated carbocycles. The minimum atomic E-state index is -3.53. The van der Waals surface area contributed by atoms with E-state index < -0.39 is 10.0 Å². The Morgan fingerprint density at radius 1 is 1.69 bits per heavy atom. The van der Waals surface area contributed by atoms with Gasteiger partial charge in [-0.3, -0.25) is 5.10 Å². The molecular weight excluding hydrogens is 230 g/mol. The molecule has 16 heavy (non-hydrogen) atoms. The van der Waals surface area contributed by atoms with Crippen molar-refractivity contribution in [3.8, 4) is 0 Å². The number of hydrogen-bond acceptors (Lipinski definition) is 4. The van der Waals surface area contributed by atoms with Crippen LogP contribution in [0.15, 0.2) is 11.2 Å². The van der Waals surface area contributed by atoms with Gasteiger partial charge in [0.2, 0.25) is 0 Å². The maximum absolute atomic E-state index is 12.2. The Morgan fingerprint density at radius 3 is 3.00 bits per heavy atom. The average molecular weight is 245 g/mol. The van der Waals surface area contributed by atoms with Crippen LogP contribution in [-0.2, 0) is 16.6 Å². The van der Waals surface area contributed by atoms with Crippen molar-refractivity contribution in [3.05, 3.63) is 11.8 Å². The van der Waals surface area contributed by atoms with Crippen LogP contribution in [0.2, 0.25) is 0 Å². The van der Waals surface area contributed by atoms with E-state index in [4.69, 9.17) is 5.11 Å². The Morgan fingerprint density at radius 2 is 2.44 bits per heavy atom. The normalized spacial score (nSPS) is 22.8. The zero-order valence-electron chi connectivity index (χ0n) is 9.05. The van der Waals surface area contributed by atoms with Crippen molar-refractivity contribution in [3.63, 3.8) is 0 Å². The van der Waals surface area contributed by atoms with Crippen LogP contribution in [-0.4, -0.2) is 40.6 Å². The molecule has 0 aromatic carbocycles. The Labute approximate surface area is 94.3 Å². The van der Waals surface area contributed by atoms with Gasteiger partial charge in [-0.15, -0.1) is 0 Å². The molecule has 0 bridgehead atoms. The van der Waals surface area contributed by atoms with Crippen molar-refractivity contribution in [2.45, 2.75) is 37.4 Å². The van der Waals surface area contributed by atoms with Crippen molar-refractivity contribution in [1.82, 2.24) is 14.5 Å². The molecule has 1 saturated heterocycles. The molecule has 0 radical (unpaired) electrons. The van der Waals surface area contributed by atoms with Gasteiger partial charge in [0.1, 0.15) is 0 Å². The highest BCUT2D eigenvalue weighted by molar-refractivity contribution is 7.89. The summed E-state index contributed by atoms with van der Waals surface area (Å²) < 4.78 is 25.9. The second-order valence-electron chi connectivity index (χ2n) is 3.99. The number of nitrogens with zero attached hydrogens (tertiary/aromatic N) is 2. The van der Waals surface area contributed by atoms with Crippen LogP contribution in [0.5, 0.6) is 0 Å². The quantitative estimate of drug-likeness (QED) is 0.789. The van der Waals surface area contributed by atoms with Crippen LogP contribution in [0.25, 0.3) is 0 Å². The summed E-state index contributed by atoms with van der Waals surface area (Å²) in [6.07, 6.45) is 3.10. The van der Waals surface area contributed by atoms with E-state index in [0.29, 0.717) is 12.1 Å². The summed E-state index contributed by atoms with van der Waals surface area (Å²) in [5.41, 5.74) is 0.319. The van der Waals surface area contributed by atoms with Gasteiger partial charge < -0.3 is 5.11 Å². The number of aliphatic hydroxyl groups excluding tert-OH is 1.